The molecule has 0 aromatic rings. The van der Waals surface area contributed by atoms with Crippen molar-refractivity contribution in [1.29, 1.82) is 0 Å². The van der Waals surface area contributed by atoms with Crippen LogP contribution >= 0.6 is 0 Å². The number of amides is 2. The van der Waals surface area contributed by atoms with Crippen LogP contribution in [0.4, 0.5) is 0 Å². The summed E-state index contributed by atoms with van der Waals surface area (Å²) in [5, 5.41) is 1.42. The van der Waals surface area contributed by atoms with Crippen molar-refractivity contribution in [3.05, 3.63) is 0 Å². The van der Waals surface area contributed by atoms with Gasteiger partial charge in [-0.1, -0.05) is 6.92 Å². The zero-order valence-corrected chi connectivity index (χ0v) is 7.63. The lowest BCUT2D eigenvalue weighted by Gasteiger charge is -2.21. The molecule has 1 fully saturated rings. The van der Waals surface area contributed by atoms with Gasteiger partial charge in [0.05, 0.1) is 6.04 Å². The average Bonchev–Trinajstić information content (AvgIpc) is 2.16. The Morgan fingerprint density at radius 3 is 2.50 bits per heavy atom. The second kappa shape index (κ2) is 3.13. The van der Waals surface area contributed by atoms with E-state index in [1.165, 1.54) is 11.9 Å². The normalized spacial score (nSPS) is 29.2. The summed E-state index contributed by atoms with van der Waals surface area (Å²) in [6, 6.07) is 0.122. The van der Waals surface area contributed by atoms with E-state index >= 15 is 0 Å². The third-order valence-corrected chi connectivity index (χ3v) is 2.07. The van der Waals surface area contributed by atoms with Crippen molar-refractivity contribution in [2.24, 2.45) is 5.92 Å². The maximum absolute atomic E-state index is 11.4. The number of hydrogen-bond donors (Lipinski definition) is 1. The molecule has 2 amide bonds. The Labute approximate surface area is 71.9 Å². The Morgan fingerprint density at radius 2 is 2.17 bits per heavy atom. The molecule has 12 heavy (non-hydrogen) atoms. The van der Waals surface area contributed by atoms with Crippen LogP contribution in [0.25, 0.3) is 0 Å². The van der Waals surface area contributed by atoms with E-state index in [2.05, 4.69) is 5.43 Å². The number of hydrogen-bond acceptors (Lipinski definition) is 2. The lowest BCUT2D eigenvalue weighted by molar-refractivity contribution is -0.140. The molecule has 2 atom stereocenters. The Kier molecular flexibility index (Phi) is 2.35. The first kappa shape index (κ1) is 9.03. The summed E-state index contributed by atoms with van der Waals surface area (Å²) >= 11 is 0. The third kappa shape index (κ3) is 1.57. The quantitative estimate of drug-likeness (QED) is 0.615. The van der Waals surface area contributed by atoms with Crippen molar-refractivity contribution in [3.63, 3.8) is 0 Å². The molecule has 1 aliphatic heterocycles. The van der Waals surface area contributed by atoms with Gasteiger partial charge < -0.3 is 0 Å². The second-order valence-corrected chi connectivity index (χ2v) is 3.36. The van der Waals surface area contributed by atoms with Crippen LogP contribution < -0.4 is 5.43 Å². The largest absolute Gasteiger partial charge is 0.274 e. The third-order valence-electron chi connectivity index (χ3n) is 2.07. The lowest BCUT2D eigenvalue weighted by Crippen LogP contribution is -2.46. The molecule has 0 saturated carbocycles. The highest BCUT2D eigenvalue weighted by molar-refractivity contribution is 5.84. The minimum atomic E-state index is -0.190. The highest BCUT2D eigenvalue weighted by Crippen LogP contribution is 2.21. The molecule has 0 aromatic carbocycles. The molecule has 1 N–H and O–H groups in total. The highest BCUT2D eigenvalue weighted by Gasteiger charge is 2.34. The van der Waals surface area contributed by atoms with Crippen molar-refractivity contribution >= 4 is 11.8 Å². The molecule has 0 radical (unpaired) electrons. The van der Waals surface area contributed by atoms with E-state index in [0.29, 0.717) is 0 Å². The first-order chi connectivity index (χ1) is 5.52. The lowest BCUT2D eigenvalue weighted by atomic mass is 10.1. The van der Waals surface area contributed by atoms with E-state index in [-0.39, 0.29) is 23.8 Å². The van der Waals surface area contributed by atoms with Gasteiger partial charge in [0.2, 0.25) is 11.8 Å². The van der Waals surface area contributed by atoms with Gasteiger partial charge in [-0.3, -0.25) is 20.0 Å². The maximum Gasteiger partial charge on any atom is 0.244 e. The molecule has 0 spiro atoms. The highest BCUT2D eigenvalue weighted by atomic mass is 16.2. The summed E-state index contributed by atoms with van der Waals surface area (Å²) in [4.78, 5) is 22.1. The fraction of sp³-hybridized carbons (Fsp3) is 0.750. The molecular weight excluding hydrogens is 156 g/mol. The van der Waals surface area contributed by atoms with E-state index in [9.17, 15) is 9.59 Å². The first-order valence-electron chi connectivity index (χ1n) is 4.12. The summed E-state index contributed by atoms with van der Waals surface area (Å²) in [5.74, 6) is -0.145. The molecular formula is C8H14N2O2. The number of hydrazine groups is 1. The van der Waals surface area contributed by atoms with Gasteiger partial charge in [0.1, 0.15) is 0 Å². The van der Waals surface area contributed by atoms with Crippen LogP contribution in [-0.2, 0) is 9.59 Å². The first-order valence-corrected chi connectivity index (χ1v) is 4.12. The minimum Gasteiger partial charge on any atom is -0.274 e. The SMILES string of the molecule is CC(=O)NN1C(=O)C(C)CC1C. The minimum absolute atomic E-state index is 0.0118. The fourth-order valence-electron chi connectivity index (χ4n) is 1.51. The zero-order valence-electron chi connectivity index (χ0n) is 7.63. The molecule has 1 aliphatic rings. The van der Waals surface area contributed by atoms with Crippen molar-refractivity contribution < 1.29 is 9.59 Å². The summed E-state index contributed by atoms with van der Waals surface area (Å²) in [7, 11) is 0. The summed E-state index contributed by atoms with van der Waals surface area (Å²) in [6.45, 7) is 5.21. The summed E-state index contributed by atoms with van der Waals surface area (Å²) < 4.78 is 0. The molecule has 4 heteroatoms. The van der Waals surface area contributed by atoms with Gasteiger partial charge in [0, 0.05) is 12.8 Å². The van der Waals surface area contributed by atoms with Crippen molar-refractivity contribution in [3.8, 4) is 0 Å². The van der Waals surface area contributed by atoms with Crippen LogP contribution in [0.2, 0.25) is 0 Å². The predicted octanol–water partition coefficient (Wildman–Crippen LogP) is 0.294. The van der Waals surface area contributed by atoms with E-state index in [1.54, 1.807) is 0 Å². The van der Waals surface area contributed by atoms with Crippen LogP contribution in [0.5, 0.6) is 0 Å². The Bertz CT molecular complexity index is 215. The van der Waals surface area contributed by atoms with Gasteiger partial charge in [-0.15, -0.1) is 0 Å². The van der Waals surface area contributed by atoms with E-state index in [0.717, 1.165) is 6.42 Å². The van der Waals surface area contributed by atoms with Crippen molar-refractivity contribution in [1.82, 2.24) is 10.4 Å². The number of carbonyl (C=O) groups is 2. The second-order valence-electron chi connectivity index (χ2n) is 3.36. The van der Waals surface area contributed by atoms with Crippen molar-refractivity contribution in [2.45, 2.75) is 33.2 Å². The van der Waals surface area contributed by atoms with E-state index in [1.807, 2.05) is 13.8 Å². The molecule has 1 saturated heterocycles. The predicted molar refractivity (Wildman–Crippen MR) is 43.9 cm³/mol. The Hall–Kier alpha value is -1.06. The molecule has 0 bridgehead atoms. The van der Waals surface area contributed by atoms with Gasteiger partial charge in [-0.2, -0.15) is 0 Å². The van der Waals surface area contributed by atoms with Crippen LogP contribution in [-0.4, -0.2) is 22.9 Å². The van der Waals surface area contributed by atoms with Gasteiger partial charge in [-0.25, -0.2) is 0 Å². The molecule has 1 rings (SSSR count). The number of carbonyl (C=O) groups excluding carboxylic acids is 2. The maximum atomic E-state index is 11.4. The van der Waals surface area contributed by atoms with Crippen LogP contribution in [0.3, 0.4) is 0 Å². The summed E-state index contributed by atoms with van der Waals surface area (Å²) in [5.41, 5.74) is 2.52. The van der Waals surface area contributed by atoms with Gasteiger partial charge in [-0.05, 0) is 13.3 Å². The van der Waals surface area contributed by atoms with Gasteiger partial charge in [0.25, 0.3) is 0 Å². The fourth-order valence-corrected chi connectivity index (χ4v) is 1.51. The van der Waals surface area contributed by atoms with Gasteiger partial charge in [0.15, 0.2) is 0 Å². The topological polar surface area (TPSA) is 49.4 Å². The number of nitrogens with one attached hydrogen (secondary N) is 1. The smallest absolute Gasteiger partial charge is 0.244 e. The van der Waals surface area contributed by atoms with E-state index in [4.69, 9.17) is 0 Å². The zero-order chi connectivity index (χ0) is 9.30. The Morgan fingerprint density at radius 1 is 1.58 bits per heavy atom. The molecule has 0 aliphatic carbocycles. The number of rotatable bonds is 1. The standard InChI is InChI=1S/C8H14N2O2/c1-5-4-6(2)10(8(5)12)9-7(3)11/h5-6H,4H2,1-3H3,(H,9,11). The molecule has 0 aromatic heterocycles. The monoisotopic (exact) mass is 170 g/mol. The van der Waals surface area contributed by atoms with Gasteiger partial charge >= 0.3 is 0 Å². The molecule has 2 unspecified atom stereocenters. The molecule has 1 heterocycles. The van der Waals surface area contributed by atoms with Crippen LogP contribution in [0, 0.1) is 5.92 Å². The van der Waals surface area contributed by atoms with Crippen LogP contribution in [0.1, 0.15) is 27.2 Å². The Balaban J connectivity index is 2.63. The average molecular weight is 170 g/mol. The van der Waals surface area contributed by atoms with Crippen LogP contribution in [0.15, 0.2) is 0 Å². The number of nitrogens with zero attached hydrogens (tertiary/aromatic N) is 1. The van der Waals surface area contributed by atoms with E-state index < -0.39 is 0 Å². The van der Waals surface area contributed by atoms with Crippen molar-refractivity contribution in [2.75, 3.05) is 0 Å². The summed E-state index contributed by atoms with van der Waals surface area (Å²) in [6.07, 6.45) is 0.819. The molecule has 4 nitrogen and oxygen atoms in total. The molecule has 68 valence electrons.